The molecule has 0 aliphatic carbocycles. The van der Waals surface area contributed by atoms with E-state index < -0.39 is 0 Å². The van der Waals surface area contributed by atoms with Crippen molar-refractivity contribution in [1.29, 1.82) is 0 Å². The minimum Gasteiger partial charge on any atom is -0.497 e. The molecule has 1 amide bonds. The highest BCUT2D eigenvalue weighted by Crippen LogP contribution is 2.23. The second-order valence-electron chi connectivity index (χ2n) is 8.06. The lowest BCUT2D eigenvalue weighted by Gasteiger charge is -2.31. The number of aromatic amines is 1. The number of nitrogens with one attached hydrogen (secondary N) is 1. The number of hydrogen-bond donors (Lipinski definition) is 1. The maximum atomic E-state index is 12.6. The van der Waals surface area contributed by atoms with Crippen LogP contribution in [-0.2, 0) is 11.2 Å². The molecule has 1 fully saturated rings. The number of carbonyl (C=O) groups is 1. The fraction of sp³-hybridized carbons (Fsp3) is 0.375. The number of nitrogens with zero attached hydrogens (tertiary/aromatic N) is 3. The molecular formula is C24H28N4O4. The number of rotatable bonds is 7. The first-order chi connectivity index (χ1) is 15.5. The predicted octanol–water partition coefficient (Wildman–Crippen LogP) is 2.74. The SMILES string of the molecule is COc1cccc(OCC(=O)N2CCC(Cc3n[nH]c(=O)n3-c3ccccc3C)CC2)c1. The van der Waals surface area contributed by atoms with Crippen LogP contribution in [0.15, 0.2) is 53.3 Å². The van der Waals surface area contributed by atoms with E-state index in [4.69, 9.17) is 9.47 Å². The van der Waals surface area contributed by atoms with Crippen LogP contribution in [0, 0.1) is 12.8 Å². The fourth-order valence-electron chi connectivity index (χ4n) is 4.10. The van der Waals surface area contributed by atoms with E-state index in [0.29, 0.717) is 36.9 Å². The number of hydrogen-bond acceptors (Lipinski definition) is 5. The van der Waals surface area contributed by atoms with Crippen molar-refractivity contribution >= 4 is 5.91 Å². The van der Waals surface area contributed by atoms with Gasteiger partial charge in [-0.25, -0.2) is 14.5 Å². The van der Waals surface area contributed by atoms with Crippen LogP contribution in [0.1, 0.15) is 24.2 Å². The number of aromatic nitrogens is 3. The smallest absolute Gasteiger partial charge is 0.347 e. The number of H-pyrrole nitrogens is 1. The molecule has 0 saturated carbocycles. The fourth-order valence-corrected chi connectivity index (χ4v) is 4.10. The van der Waals surface area contributed by atoms with Gasteiger partial charge in [0.25, 0.3) is 5.91 Å². The van der Waals surface area contributed by atoms with Crippen molar-refractivity contribution in [3.05, 3.63) is 70.4 Å². The van der Waals surface area contributed by atoms with Gasteiger partial charge in [0.05, 0.1) is 12.8 Å². The summed E-state index contributed by atoms with van der Waals surface area (Å²) in [6, 6.07) is 15.0. The molecule has 0 bridgehead atoms. The Balaban J connectivity index is 1.32. The van der Waals surface area contributed by atoms with E-state index in [1.165, 1.54) is 0 Å². The summed E-state index contributed by atoms with van der Waals surface area (Å²) >= 11 is 0. The van der Waals surface area contributed by atoms with Crippen molar-refractivity contribution in [2.45, 2.75) is 26.2 Å². The molecule has 168 valence electrons. The van der Waals surface area contributed by atoms with Crippen LogP contribution >= 0.6 is 0 Å². The monoisotopic (exact) mass is 436 g/mol. The Morgan fingerprint density at radius 1 is 1.12 bits per heavy atom. The highest BCUT2D eigenvalue weighted by molar-refractivity contribution is 5.77. The lowest BCUT2D eigenvalue weighted by Crippen LogP contribution is -2.41. The lowest BCUT2D eigenvalue weighted by atomic mass is 9.93. The summed E-state index contributed by atoms with van der Waals surface area (Å²) < 4.78 is 12.5. The molecule has 0 atom stereocenters. The van der Waals surface area contributed by atoms with E-state index in [2.05, 4.69) is 10.2 Å². The minimum absolute atomic E-state index is 0.00399. The van der Waals surface area contributed by atoms with Crippen LogP contribution in [0.4, 0.5) is 0 Å². The molecular weight excluding hydrogens is 408 g/mol. The molecule has 1 aliphatic heterocycles. The quantitative estimate of drug-likeness (QED) is 0.615. The van der Waals surface area contributed by atoms with Crippen LogP contribution in [-0.4, -0.2) is 52.4 Å². The molecule has 1 aromatic heterocycles. The van der Waals surface area contributed by atoms with Crippen molar-refractivity contribution in [2.75, 3.05) is 26.8 Å². The van der Waals surface area contributed by atoms with Gasteiger partial charge in [0.1, 0.15) is 17.3 Å². The average molecular weight is 437 g/mol. The molecule has 2 aromatic carbocycles. The van der Waals surface area contributed by atoms with Gasteiger partial charge in [0.15, 0.2) is 6.61 Å². The number of para-hydroxylation sites is 1. The summed E-state index contributed by atoms with van der Waals surface area (Å²) in [7, 11) is 1.60. The van der Waals surface area contributed by atoms with E-state index in [9.17, 15) is 9.59 Å². The summed E-state index contributed by atoms with van der Waals surface area (Å²) in [6.45, 7) is 3.33. The molecule has 8 heteroatoms. The van der Waals surface area contributed by atoms with Gasteiger partial charge in [-0.3, -0.25) is 4.79 Å². The van der Waals surface area contributed by atoms with Crippen molar-refractivity contribution < 1.29 is 14.3 Å². The van der Waals surface area contributed by atoms with E-state index in [0.717, 1.165) is 29.9 Å². The Labute approximate surface area is 186 Å². The van der Waals surface area contributed by atoms with Gasteiger partial charge in [-0.05, 0) is 49.4 Å². The summed E-state index contributed by atoms with van der Waals surface area (Å²) in [6.07, 6.45) is 2.41. The molecule has 2 heterocycles. The molecule has 8 nitrogen and oxygen atoms in total. The van der Waals surface area contributed by atoms with Gasteiger partial charge >= 0.3 is 5.69 Å². The van der Waals surface area contributed by atoms with Gasteiger partial charge in [0.2, 0.25) is 0 Å². The van der Waals surface area contributed by atoms with Gasteiger partial charge in [-0.15, -0.1) is 0 Å². The largest absolute Gasteiger partial charge is 0.497 e. The highest BCUT2D eigenvalue weighted by atomic mass is 16.5. The summed E-state index contributed by atoms with van der Waals surface area (Å²) in [4.78, 5) is 26.8. The van der Waals surface area contributed by atoms with Crippen molar-refractivity contribution in [1.82, 2.24) is 19.7 Å². The van der Waals surface area contributed by atoms with Gasteiger partial charge < -0.3 is 14.4 Å². The topological polar surface area (TPSA) is 89.5 Å². The van der Waals surface area contributed by atoms with E-state index in [1.54, 1.807) is 23.8 Å². The first kappa shape index (κ1) is 21.7. The Morgan fingerprint density at radius 2 is 1.88 bits per heavy atom. The zero-order chi connectivity index (χ0) is 22.5. The lowest BCUT2D eigenvalue weighted by molar-refractivity contribution is -0.134. The van der Waals surface area contributed by atoms with Crippen LogP contribution in [0.5, 0.6) is 11.5 Å². The molecule has 3 aromatic rings. The Bertz CT molecular complexity index is 1130. The number of carbonyl (C=O) groups excluding carboxylic acids is 1. The molecule has 4 rings (SSSR count). The molecule has 0 spiro atoms. The Kier molecular flexibility index (Phi) is 6.58. The van der Waals surface area contributed by atoms with E-state index in [1.807, 2.05) is 48.2 Å². The third kappa shape index (κ3) is 4.85. The zero-order valence-electron chi connectivity index (χ0n) is 18.4. The number of ether oxygens (including phenoxy) is 2. The second kappa shape index (κ2) is 9.72. The molecule has 1 saturated heterocycles. The maximum absolute atomic E-state index is 12.6. The highest BCUT2D eigenvalue weighted by Gasteiger charge is 2.25. The number of aryl methyl sites for hydroxylation is 1. The standard InChI is InChI=1S/C24H28N4O4/c1-17-6-3-4-9-21(17)28-22(25-26-24(28)30)14-18-10-12-27(13-11-18)23(29)16-32-20-8-5-7-19(15-20)31-2/h3-9,15,18H,10-14,16H2,1-2H3,(H,26,30). The zero-order valence-corrected chi connectivity index (χ0v) is 18.4. The number of methoxy groups -OCH3 is 1. The Morgan fingerprint density at radius 3 is 2.62 bits per heavy atom. The third-order valence-electron chi connectivity index (χ3n) is 5.94. The normalized spacial score (nSPS) is 14.4. The number of amides is 1. The van der Waals surface area contributed by atoms with E-state index >= 15 is 0 Å². The minimum atomic E-state index is -0.225. The van der Waals surface area contributed by atoms with Crippen molar-refractivity contribution in [3.8, 4) is 17.2 Å². The molecule has 1 aliphatic rings. The van der Waals surface area contributed by atoms with Crippen molar-refractivity contribution in [2.24, 2.45) is 5.92 Å². The molecule has 0 unspecified atom stereocenters. The third-order valence-corrected chi connectivity index (χ3v) is 5.94. The first-order valence-corrected chi connectivity index (χ1v) is 10.8. The summed E-state index contributed by atoms with van der Waals surface area (Å²) in [5, 5.41) is 6.86. The summed E-state index contributed by atoms with van der Waals surface area (Å²) in [5.74, 6) is 2.37. The van der Waals surface area contributed by atoms with Crippen LogP contribution < -0.4 is 15.2 Å². The molecule has 0 radical (unpaired) electrons. The summed E-state index contributed by atoms with van der Waals surface area (Å²) in [5.41, 5.74) is 1.65. The van der Waals surface area contributed by atoms with Crippen LogP contribution in [0.25, 0.3) is 5.69 Å². The molecule has 32 heavy (non-hydrogen) atoms. The van der Waals surface area contributed by atoms with Gasteiger partial charge in [-0.1, -0.05) is 24.3 Å². The Hall–Kier alpha value is -3.55. The first-order valence-electron chi connectivity index (χ1n) is 10.8. The number of piperidine rings is 1. The van der Waals surface area contributed by atoms with Gasteiger partial charge in [-0.2, -0.15) is 5.10 Å². The number of benzene rings is 2. The van der Waals surface area contributed by atoms with Gasteiger partial charge in [0, 0.05) is 25.6 Å². The number of likely N-dealkylation sites (tertiary alicyclic amines) is 1. The predicted molar refractivity (Wildman–Crippen MR) is 120 cm³/mol. The van der Waals surface area contributed by atoms with Crippen molar-refractivity contribution in [3.63, 3.8) is 0 Å². The van der Waals surface area contributed by atoms with E-state index in [-0.39, 0.29) is 18.2 Å². The van der Waals surface area contributed by atoms with Crippen LogP contribution in [0.2, 0.25) is 0 Å². The maximum Gasteiger partial charge on any atom is 0.347 e. The second-order valence-corrected chi connectivity index (χ2v) is 8.06. The van der Waals surface area contributed by atoms with Crippen LogP contribution in [0.3, 0.4) is 0 Å². The average Bonchev–Trinajstić information content (AvgIpc) is 3.18. The molecule has 1 N–H and O–H groups in total.